The number of carbonyl (C=O) groups is 2. The number of ketones is 1. The first-order chi connectivity index (χ1) is 14.4. The van der Waals surface area contributed by atoms with E-state index in [1.807, 2.05) is 0 Å². The lowest BCUT2D eigenvalue weighted by Gasteiger charge is -2.25. The van der Waals surface area contributed by atoms with E-state index >= 15 is 0 Å². The second-order valence-corrected chi connectivity index (χ2v) is 7.58. The molecule has 1 unspecified atom stereocenters. The van der Waals surface area contributed by atoms with Crippen molar-refractivity contribution in [1.29, 1.82) is 0 Å². The Hall–Kier alpha value is -3.15. The number of aliphatic hydroxyl groups is 1. The zero-order chi connectivity index (χ0) is 21.4. The van der Waals surface area contributed by atoms with Crippen molar-refractivity contribution in [2.24, 2.45) is 0 Å². The van der Waals surface area contributed by atoms with E-state index in [0.717, 1.165) is 6.07 Å². The molecule has 3 aromatic carbocycles. The molecule has 1 aliphatic heterocycles. The summed E-state index contributed by atoms with van der Waals surface area (Å²) in [5, 5.41) is 11.9. The third-order valence-corrected chi connectivity index (χ3v) is 5.34. The smallest absolute Gasteiger partial charge is 0.300 e. The summed E-state index contributed by atoms with van der Waals surface area (Å²) in [6.07, 6.45) is 0. The van der Waals surface area contributed by atoms with Crippen molar-refractivity contribution in [1.82, 2.24) is 0 Å². The molecule has 1 saturated heterocycles. The van der Waals surface area contributed by atoms with Gasteiger partial charge in [-0.15, -0.1) is 0 Å². The molecule has 1 N–H and O–H groups in total. The number of hydrogen-bond donors (Lipinski definition) is 1. The standard InChI is InChI=1S/C23H14Cl2FNO3/c24-15-8-4-13(5-9-15)20-19(21(28)14-6-10-16(25)11-7-14)22(29)23(30)27(20)18-3-1-2-17(26)12-18/h1-12,20,28H/b21-19+. The SMILES string of the molecule is O=C1C(=O)N(c2cccc(F)c2)C(c2ccc(Cl)cc2)/C1=C(\O)c1ccc(Cl)cc1. The number of carbonyl (C=O) groups excluding carboxylic acids is 2. The predicted octanol–water partition coefficient (Wildman–Crippen LogP) is 5.76. The summed E-state index contributed by atoms with van der Waals surface area (Å²) in [5.74, 6) is -2.63. The second-order valence-electron chi connectivity index (χ2n) is 6.71. The van der Waals surface area contributed by atoms with Gasteiger partial charge in [0.2, 0.25) is 0 Å². The molecule has 1 amide bonds. The molecular weight excluding hydrogens is 428 g/mol. The minimum atomic E-state index is -0.959. The van der Waals surface area contributed by atoms with E-state index in [1.54, 1.807) is 48.5 Å². The molecule has 1 fully saturated rings. The van der Waals surface area contributed by atoms with Crippen LogP contribution in [0.5, 0.6) is 0 Å². The van der Waals surface area contributed by atoms with Crippen molar-refractivity contribution in [2.45, 2.75) is 6.04 Å². The Kier molecular flexibility index (Phi) is 5.33. The maximum atomic E-state index is 13.9. The van der Waals surface area contributed by atoms with Crippen LogP contribution in [-0.4, -0.2) is 16.8 Å². The summed E-state index contributed by atoms with van der Waals surface area (Å²) in [6, 6.07) is 17.2. The molecular formula is C23H14Cl2FNO3. The van der Waals surface area contributed by atoms with Gasteiger partial charge < -0.3 is 5.11 Å². The number of halogens is 3. The van der Waals surface area contributed by atoms with E-state index in [9.17, 15) is 19.1 Å². The zero-order valence-corrected chi connectivity index (χ0v) is 16.9. The lowest BCUT2D eigenvalue weighted by atomic mass is 9.95. The summed E-state index contributed by atoms with van der Waals surface area (Å²) in [6.45, 7) is 0. The Morgan fingerprint density at radius 3 is 2.10 bits per heavy atom. The summed E-state index contributed by atoms with van der Waals surface area (Å²) >= 11 is 11.9. The van der Waals surface area contributed by atoms with Crippen LogP contribution in [0, 0.1) is 5.82 Å². The van der Waals surface area contributed by atoms with Crippen LogP contribution in [0.3, 0.4) is 0 Å². The van der Waals surface area contributed by atoms with Gasteiger partial charge in [0.15, 0.2) is 0 Å². The van der Waals surface area contributed by atoms with Crippen molar-refractivity contribution >= 4 is 46.3 Å². The van der Waals surface area contributed by atoms with Crippen LogP contribution in [0.4, 0.5) is 10.1 Å². The number of amides is 1. The van der Waals surface area contributed by atoms with E-state index in [1.165, 1.54) is 23.1 Å². The molecule has 0 aliphatic carbocycles. The van der Waals surface area contributed by atoms with Crippen molar-refractivity contribution < 1.29 is 19.1 Å². The molecule has 7 heteroatoms. The minimum absolute atomic E-state index is 0.103. The second kappa shape index (κ2) is 7.94. The van der Waals surface area contributed by atoms with Crippen LogP contribution in [0.15, 0.2) is 78.4 Å². The van der Waals surface area contributed by atoms with Gasteiger partial charge in [-0.3, -0.25) is 14.5 Å². The highest BCUT2D eigenvalue weighted by Crippen LogP contribution is 2.42. The first kappa shape index (κ1) is 20.1. The Morgan fingerprint density at radius 1 is 0.900 bits per heavy atom. The largest absolute Gasteiger partial charge is 0.507 e. The summed E-state index contributed by atoms with van der Waals surface area (Å²) in [4.78, 5) is 27.1. The third-order valence-electron chi connectivity index (χ3n) is 4.83. The number of hydrogen-bond acceptors (Lipinski definition) is 3. The van der Waals surface area contributed by atoms with Crippen molar-refractivity contribution in [3.05, 3.63) is 105 Å². The number of aliphatic hydroxyl groups excluding tert-OH is 1. The summed E-state index contributed by atoms with van der Waals surface area (Å²) in [7, 11) is 0. The Bertz CT molecular complexity index is 1170. The zero-order valence-electron chi connectivity index (χ0n) is 15.4. The molecule has 0 bridgehead atoms. The van der Waals surface area contributed by atoms with Crippen LogP contribution in [0.1, 0.15) is 17.2 Å². The monoisotopic (exact) mass is 441 g/mol. The Labute approximate surface area is 181 Å². The van der Waals surface area contributed by atoms with E-state index in [2.05, 4.69) is 0 Å². The van der Waals surface area contributed by atoms with Crippen LogP contribution in [-0.2, 0) is 9.59 Å². The number of Topliss-reactive ketones (excluding diaryl/α,β-unsaturated/α-hetero) is 1. The number of benzene rings is 3. The van der Waals surface area contributed by atoms with Gasteiger partial charge in [-0.1, -0.05) is 41.4 Å². The van der Waals surface area contributed by atoms with Gasteiger partial charge in [0.25, 0.3) is 11.7 Å². The number of anilines is 1. The van der Waals surface area contributed by atoms with Crippen LogP contribution >= 0.6 is 23.2 Å². The average molecular weight is 442 g/mol. The van der Waals surface area contributed by atoms with Crippen LogP contribution in [0.2, 0.25) is 10.0 Å². The van der Waals surface area contributed by atoms with Gasteiger partial charge in [-0.25, -0.2) is 4.39 Å². The fourth-order valence-electron chi connectivity index (χ4n) is 3.45. The van der Waals surface area contributed by atoms with Gasteiger partial charge in [0.1, 0.15) is 11.6 Å². The predicted molar refractivity (Wildman–Crippen MR) is 114 cm³/mol. The molecule has 150 valence electrons. The van der Waals surface area contributed by atoms with Crippen molar-refractivity contribution in [3.8, 4) is 0 Å². The molecule has 0 spiro atoms. The van der Waals surface area contributed by atoms with Crippen LogP contribution in [0.25, 0.3) is 5.76 Å². The molecule has 3 aromatic rings. The Morgan fingerprint density at radius 2 is 1.50 bits per heavy atom. The maximum Gasteiger partial charge on any atom is 0.300 e. The highest BCUT2D eigenvalue weighted by atomic mass is 35.5. The van der Waals surface area contributed by atoms with Crippen molar-refractivity contribution in [2.75, 3.05) is 4.90 Å². The molecule has 1 heterocycles. The summed E-state index contributed by atoms with van der Waals surface area (Å²) in [5.41, 5.74) is 0.968. The highest BCUT2D eigenvalue weighted by Gasteiger charge is 2.47. The molecule has 0 aromatic heterocycles. The fraction of sp³-hybridized carbons (Fsp3) is 0.0435. The molecule has 1 atom stereocenters. The molecule has 4 rings (SSSR count). The lowest BCUT2D eigenvalue weighted by Crippen LogP contribution is -2.29. The number of nitrogens with zero attached hydrogens (tertiary/aromatic N) is 1. The van der Waals surface area contributed by atoms with Crippen molar-refractivity contribution in [3.63, 3.8) is 0 Å². The molecule has 0 radical (unpaired) electrons. The first-order valence-electron chi connectivity index (χ1n) is 8.95. The van der Waals surface area contributed by atoms with Gasteiger partial charge in [-0.05, 0) is 60.2 Å². The molecule has 30 heavy (non-hydrogen) atoms. The van der Waals surface area contributed by atoms with E-state index in [-0.39, 0.29) is 17.0 Å². The fourth-order valence-corrected chi connectivity index (χ4v) is 3.70. The van der Waals surface area contributed by atoms with Crippen LogP contribution < -0.4 is 4.90 Å². The molecule has 4 nitrogen and oxygen atoms in total. The van der Waals surface area contributed by atoms with Gasteiger partial charge >= 0.3 is 0 Å². The van der Waals surface area contributed by atoms with Gasteiger partial charge in [0.05, 0.1) is 11.6 Å². The van der Waals surface area contributed by atoms with E-state index < -0.39 is 23.5 Å². The normalized spacial score (nSPS) is 18.1. The first-order valence-corrected chi connectivity index (χ1v) is 9.70. The van der Waals surface area contributed by atoms with E-state index in [4.69, 9.17) is 23.2 Å². The quantitative estimate of drug-likeness (QED) is 0.319. The lowest BCUT2D eigenvalue weighted by molar-refractivity contribution is -0.132. The highest BCUT2D eigenvalue weighted by molar-refractivity contribution is 6.51. The molecule has 0 saturated carbocycles. The van der Waals surface area contributed by atoms with Gasteiger partial charge in [0, 0.05) is 21.3 Å². The minimum Gasteiger partial charge on any atom is -0.507 e. The molecule has 1 aliphatic rings. The van der Waals surface area contributed by atoms with E-state index in [0.29, 0.717) is 21.2 Å². The average Bonchev–Trinajstić information content (AvgIpc) is 2.99. The number of rotatable bonds is 3. The Balaban J connectivity index is 1.95. The maximum absolute atomic E-state index is 13.9. The van der Waals surface area contributed by atoms with Gasteiger partial charge in [-0.2, -0.15) is 0 Å². The topological polar surface area (TPSA) is 57.6 Å². The summed E-state index contributed by atoms with van der Waals surface area (Å²) < 4.78 is 13.9. The third kappa shape index (κ3) is 3.58.